The molecular formula is C8H3BrClF3N2. The Bertz CT molecular complexity index is 520. The van der Waals surface area contributed by atoms with Gasteiger partial charge in [-0.15, -0.1) is 0 Å². The zero-order valence-corrected chi connectivity index (χ0v) is 9.33. The fourth-order valence-corrected chi connectivity index (χ4v) is 2.02. The average Bonchev–Trinajstić information content (AvgIpc) is 2.41. The molecule has 0 atom stereocenters. The third kappa shape index (κ3) is 1.83. The van der Waals surface area contributed by atoms with Gasteiger partial charge in [-0.25, -0.2) is 4.98 Å². The van der Waals surface area contributed by atoms with Gasteiger partial charge in [0.05, 0.1) is 11.1 Å². The molecule has 0 saturated heterocycles. The maximum Gasteiger partial charge on any atom is 0.419 e. The van der Waals surface area contributed by atoms with Crippen molar-refractivity contribution in [3.8, 4) is 0 Å². The zero-order valence-electron chi connectivity index (χ0n) is 6.99. The van der Waals surface area contributed by atoms with E-state index >= 15 is 0 Å². The van der Waals surface area contributed by atoms with E-state index in [9.17, 15) is 13.2 Å². The summed E-state index contributed by atoms with van der Waals surface area (Å²) in [4.78, 5) is 6.13. The summed E-state index contributed by atoms with van der Waals surface area (Å²) in [5.41, 5.74) is -0.736. The van der Waals surface area contributed by atoms with Gasteiger partial charge in [-0.3, -0.25) is 0 Å². The number of fused-ring (bicyclic) bond motifs is 1. The van der Waals surface area contributed by atoms with E-state index in [-0.39, 0.29) is 20.8 Å². The second-order valence-corrected chi connectivity index (χ2v) is 4.06. The van der Waals surface area contributed by atoms with Gasteiger partial charge in [0.25, 0.3) is 0 Å². The van der Waals surface area contributed by atoms with Crippen LogP contribution in [0.25, 0.3) is 11.0 Å². The molecule has 7 heteroatoms. The number of rotatable bonds is 0. The molecule has 1 aromatic carbocycles. The maximum absolute atomic E-state index is 12.7. The van der Waals surface area contributed by atoms with Gasteiger partial charge in [0, 0.05) is 4.47 Å². The number of halogens is 5. The quantitative estimate of drug-likeness (QED) is 0.782. The van der Waals surface area contributed by atoms with Gasteiger partial charge >= 0.3 is 6.18 Å². The van der Waals surface area contributed by atoms with Crippen molar-refractivity contribution in [2.24, 2.45) is 0 Å². The molecule has 1 heterocycles. The number of nitrogens with zero attached hydrogens (tertiary/aromatic N) is 1. The summed E-state index contributed by atoms with van der Waals surface area (Å²) in [6, 6.07) is 2.78. The molecule has 15 heavy (non-hydrogen) atoms. The van der Waals surface area contributed by atoms with Crippen LogP contribution < -0.4 is 0 Å². The first-order valence-electron chi connectivity index (χ1n) is 3.80. The number of H-pyrrole nitrogens is 1. The fourth-order valence-electron chi connectivity index (χ4n) is 1.29. The number of hydrogen-bond donors (Lipinski definition) is 1. The summed E-state index contributed by atoms with van der Waals surface area (Å²) in [7, 11) is 0. The molecule has 0 fully saturated rings. The van der Waals surface area contributed by atoms with Crippen LogP contribution in [0.4, 0.5) is 13.2 Å². The number of imidazole rings is 1. The monoisotopic (exact) mass is 298 g/mol. The van der Waals surface area contributed by atoms with Crippen molar-refractivity contribution >= 4 is 38.6 Å². The summed E-state index contributed by atoms with van der Waals surface area (Å²) >= 11 is 8.35. The molecule has 0 radical (unpaired) electrons. The van der Waals surface area contributed by atoms with Gasteiger partial charge in [-0.2, -0.15) is 13.2 Å². The minimum Gasteiger partial charge on any atom is -0.329 e. The van der Waals surface area contributed by atoms with Crippen molar-refractivity contribution in [2.45, 2.75) is 6.18 Å². The first-order valence-corrected chi connectivity index (χ1v) is 4.97. The number of aromatic nitrogens is 2. The Labute approximate surface area is 95.6 Å². The van der Waals surface area contributed by atoms with E-state index < -0.39 is 11.7 Å². The predicted molar refractivity (Wildman–Crippen MR) is 53.8 cm³/mol. The minimum absolute atomic E-state index is 0.0503. The molecule has 1 N–H and O–H groups in total. The summed E-state index contributed by atoms with van der Waals surface area (Å²) in [5.74, 6) is 0. The minimum atomic E-state index is -4.46. The van der Waals surface area contributed by atoms with Crippen molar-refractivity contribution < 1.29 is 13.2 Å². The molecule has 80 valence electrons. The first kappa shape index (κ1) is 10.8. The lowest BCUT2D eigenvalue weighted by atomic mass is 10.2. The molecule has 2 rings (SSSR count). The van der Waals surface area contributed by atoms with Gasteiger partial charge in [-0.05, 0) is 23.7 Å². The average molecular weight is 299 g/mol. The lowest BCUT2D eigenvalue weighted by molar-refractivity contribution is -0.137. The van der Waals surface area contributed by atoms with Gasteiger partial charge in [-0.1, -0.05) is 15.9 Å². The van der Waals surface area contributed by atoms with Gasteiger partial charge in [0.15, 0.2) is 0 Å². The van der Waals surface area contributed by atoms with E-state index in [1.54, 1.807) is 0 Å². The number of benzene rings is 1. The highest BCUT2D eigenvalue weighted by Gasteiger charge is 2.36. The first-order chi connectivity index (χ1) is 6.89. The van der Waals surface area contributed by atoms with Crippen molar-refractivity contribution in [1.29, 1.82) is 0 Å². The maximum atomic E-state index is 12.7. The van der Waals surface area contributed by atoms with Crippen LogP contribution in [0.3, 0.4) is 0 Å². The van der Waals surface area contributed by atoms with Gasteiger partial charge in [0.2, 0.25) is 5.28 Å². The van der Waals surface area contributed by atoms with Crippen LogP contribution in [0.1, 0.15) is 5.56 Å². The van der Waals surface area contributed by atoms with Crippen LogP contribution in [-0.4, -0.2) is 9.97 Å². The second kappa shape index (κ2) is 3.38. The summed E-state index contributed by atoms with van der Waals surface area (Å²) in [6.45, 7) is 0. The molecule has 0 spiro atoms. The molecule has 2 aromatic rings. The van der Waals surface area contributed by atoms with Gasteiger partial charge < -0.3 is 4.98 Å². The SMILES string of the molecule is FC(F)(F)c1c(Br)ccc2[nH]c(Cl)nc12. The molecule has 0 bridgehead atoms. The summed E-state index contributed by atoms with van der Waals surface area (Å²) in [6.07, 6.45) is -4.46. The lowest BCUT2D eigenvalue weighted by Gasteiger charge is -2.08. The highest BCUT2D eigenvalue weighted by molar-refractivity contribution is 9.10. The Morgan fingerprint density at radius 1 is 1.33 bits per heavy atom. The van der Waals surface area contributed by atoms with Crippen molar-refractivity contribution in [1.82, 2.24) is 9.97 Å². The molecule has 0 amide bonds. The highest BCUT2D eigenvalue weighted by atomic mass is 79.9. The molecule has 2 nitrogen and oxygen atoms in total. The Morgan fingerprint density at radius 2 is 2.00 bits per heavy atom. The summed E-state index contributed by atoms with van der Waals surface area (Å²) < 4.78 is 37.9. The fraction of sp³-hybridized carbons (Fsp3) is 0.125. The van der Waals surface area contributed by atoms with E-state index in [2.05, 4.69) is 25.9 Å². The third-order valence-electron chi connectivity index (χ3n) is 1.86. The topological polar surface area (TPSA) is 28.7 Å². The van der Waals surface area contributed by atoms with Crippen LogP contribution in [-0.2, 0) is 6.18 Å². The number of aromatic amines is 1. The molecule has 1 aromatic heterocycles. The molecule has 0 unspecified atom stereocenters. The van der Waals surface area contributed by atoms with Crippen molar-refractivity contribution in [3.05, 3.63) is 27.5 Å². The number of nitrogens with one attached hydrogen (secondary N) is 1. The molecule has 0 aliphatic rings. The third-order valence-corrected chi connectivity index (χ3v) is 2.70. The molecule has 0 aliphatic heterocycles. The van der Waals surface area contributed by atoms with E-state index in [0.29, 0.717) is 0 Å². The number of hydrogen-bond acceptors (Lipinski definition) is 1. The molecule has 0 aliphatic carbocycles. The second-order valence-electron chi connectivity index (χ2n) is 2.84. The Kier molecular flexibility index (Phi) is 2.42. The Balaban J connectivity index is 2.85. The van der Waals surface area contributed by atoms with Crippen LogP contribution in [0.5, 0.6) is 0 Å². The smallest absolute Gasteiger partial charge is 0.329 e. The van der Waals surface area contributed by atoms with Crippen molar-refractivity contribution in [2.75, 3.05) is 0 Å². The Morgan fingerprint density at radius 3 is 2.60 bits per heavy atom. The molecular weight excluding hydrogens is 296 g/mol. The molecule has 0 saturated carbocycles. The van der Waals surface area contributed by atoms with Crippen molar-refractivity contribution in [3.63, 3.8) is 0 Å². The normalized spacial score (nSPS) is 12.3. The van der Waals surface area contributed by atoms with Crippen LogP contribution in [0.2, 0.25) is 5.28 Å². The van der Waals surface area contributed by atoms with E-state index in [4.69, 9.17) is 11.6 Å². The highest BCUT2D eigenvalue weighted by Crippen LogP contribution is 2.39. The predicted octanol–water partition coefficient (Wildman–Crippen LogP) is 4.00. The standard InChI is InChI=1S/C8H3BrClF3N2/c9-3-1-2-4-6(15-7(10)14-4)5(3)8(11,12)13/h1-2H,(H,14,15). The summed E-state index contributed by atoms with van der Waals surface area (Å²) in [5, 5.41) is -0.0615. The van der Waals surface area contributed by atoms with E-state index in [1.165, 1.54) is 12.1 Å². The van der Waals surface area contributed by atoms with Crippen LogP contribution >= 0.6 is 27.5 Å². The van der Waals surface area contributed by atoms with Crippen LogP contribution in [0.15, 0.2) is 16.6 Å². The Hall–Kier alpha value is -0.750. The van der Waals surface area contributed by atoms with E-state index in [0.717, 1.165) is 0 Å². The van der Waals surface area contributed by atoms with Gasteiger partial charge in [0.1, 0.15) is 5.52 Å². The largest absolute Gasteiger partial charge is 0.419 e. The lowest BCUT2D eigenvalue weighted by Crippen LogP contribution is -2.07. The van der Waals surface area contributed by atoms with E-state index in [1.807, 2.05) is 0 Å². The zero-order chi connectivity index (χ0) is 11.2. The number of alkyl halides is 3. The van der Waals surface area contributed by atoms with Crippen LogP contribution in [0, 0.1) is 0 Å².